The van der Waals surface area contributed by atoms with Crippen molar-refractivity contribution in [3.05, 3.63) is 65.7 Å². The quantitative estimate of drug-likeness (QED) is 0.284. The van der Waals surface area contributed by atoms with Crippen molar-refractivity contribution in [1.29, 1.82) is 10.5 Å². The van der Waals surface area contributed by atoms with Crippen LogP contribution in [0.2, 0.25) is 0 Å². The predicted octanol–water partition coefficient (Wildman–Crippen LogP) is 7.67. The molecule has 2 atom stereocenters. The van der Waals surface area contributed by atoms with Gasteiger partial charge in [-0.3, -0.25) is 0 Å². The van der Waals surface area contributed by atoms with Crippen LogP contribution in [0.4, 0.5) is 5.69 Å². The minimum absolute atomic E-state index is 0.148. The van der Waals surface area contributed by atoms with E-state index >= 15 is 0 Å². The molecule has 0 aliphatic heterocycles. The Hall–Kier alpha value is -3.26. The van der Waals surface area contributed by atoms with Gasteiger partial charge in [0.15, 0.2) is 11.5 Å². The van der Waals surface area contributed by atoms with Crippen LogP contribution in [0.3, 0.4) is 0 Å². The van der Waals surface area contributed by atoms with Gasteiger partial charge in [0, 0.05) is 15.5 Å². The van der Waals surface area contributed by atoms with Gasteiger partial charge in [-0.25, -0.2) is 0 Å². The SMILES string of the molecule is CCC(C)Oc1c(C#N)c(C#N)c(OC(C)CC)c(Sc2ccccc2N)c1Sc1ccccc1. The van der Waals surface area contributed by atoms with E-state index in [1.165, 1.54) is 23.5 Å². The van der Waals surface area contributed by atoms with E-state index in [-0.39, 0.29) is 23.3 Å². The van der Waals surface area contributed by atoms with Crippen LogP contribution in [0.5, 0.6) is 11.5 Å². The molecule has 0 heterocycles. The number of anilines is 1. The van der Waals surface area contributed by atoms with Gasteiger partial charge in [-0.1, -0.05) is 67.7 Å². The third-order valence-electron chi connectivity index (χ3n) is 5.43. The molecule has 7 heteroatoms. The van der Waals surface area contributed by atoms with Crippen LogP contribution in [-0.4, -0.2) is 12.2 Å². The maximum atomic E-state index is 10.2. The number of rotatable bonds is 10. The van der Waals surface area contributed by atoms with E-state index in [1.807, 2.05) is 82.3 Å². The molecule has 0 spiro atoms. The Morgan fingerprint density at radius 2 is 1.26 bits per heavy atom. The number of nitrogen functional groups attached to an aromatic ring is 1. The van der Waals surface area contributed by atoms with Crippen LogP contribution in [0.15, 0.2) is 74.2 Å². The van der Waals surface area contributed by atoms with E-state index in [0.717, 1.165) is 27.5 Å². The molecule has 5 nitrogen and oxygen atoms in total. The molecular weight excluding hydrogens is 474 g/mol. The number of hydrogen-bond donors (Lipinski definition) is 1. The molecule has 3 aromatic carbocycles. The molecule has 0 amide bonds. The summed E-state index contributed by atoms with van der Waals surface area (Å²) in [6.07, 6.45) is 1.19. The van der Waals surface area contributed by atoms with Crippen molar-refractivity contribution in [1.82, 2.24) is 0 Å². The van der Waals surface area contributed by atoms with Crippen LogP contribution < -0.4 is 15.2 Å². The van der Waals surface area contributed by atoms with Crippen molar-refractivity contribution in [3.8, 4) is 23.6 Å². The van der Waals surface area contributed by atoms with Crippen molar-refractivity contribution in [2.75, 3.05) is 5.73 Å². The number of benzene rings is 3. The fraction of sp³-hybridized carbons (Fsp3) is 0.286. The van der Waals surface area contributed by atoms with Crippen LogP contribution in [0, 0.1) is 22.7 Å². The normalized spacial score (nSPS) is 12.3. The molecule has 0 saturated heterocycles. The van der Waals surface area contributed by atoms with Gasteiger partial charge in [0.1, 0.15) is 23.3 Å². The summed E-state index contributed by atoms with van der Waals surface area (Å²) in [5, 5.41) is 20.4. The number of nitriles is 2. The standard InChI is InChI=1S/C28H29N3O2S2/c1-5-18(3)32-25-21(16-29)22(17-30)26(33-19(4)6-2)28(35-24-15-11-10-14-23(24)31)27(25)34-20-12-8-7-9-13-20/h7-15,18-19H,5-6,31H2,1-4H3. The first-order chi connectivity index (χ1) is 16.9. The van der Waals surface area contributed by atoms with E-state index in [2.05, 4.69) is 12.1 Å². The Kier molecular flexibility index (Phi) is 9.37. The highest BCUT2D eigenvalue weighted by molar-refractivity contribution is 8.02. The van der Waals surface area contributed by atoms with Crippen molar-refractivity contribution >= 4 is 29.2 Å². The van der Waals surface area contributed by atoms with E-state index < -0.39 is 0 Å². The van der Waals surface area contributed by atoms with E-state index in [9.17, 15) is 10.5 Å². The van der Waals surface area contributed by atoms with Gasteiger partial charge in [0.05, 0.1) is 22.0 Å². The highest BCUT2D eigenvalue weighted by Gasteiger charge is 2.30. The van der Waals surface area contributed by atoms with Crippen LogP contribution in [0.1, 0.15) is 51.7 Å². The van der Waals surface area contributed by atoms with Gasteiger partial charge in [-0.2, -0.15) is 10.5 Å². The summed E-state index contributed by atoms with van der Waals surface area (Å²) >= 11 is 2.91. The van der Waals surface area contributed by atoms with Crippen molar-refractivity contribution in [2.24, 2.45) is 0 Å². The Morgan fingerprint density at radius 1 is 0.771 bits per heavy atom. The van der Waals surface area contributed by atoms with Gasteiger partial charge in [-0.05, 0) is 51.0 Å². The summed E-state index contributed by atoms with van der Waals surface area (Å²) in [6.45, 7) is 7.94. The Bertz CT molecular complexity index is 1250. The zero-order valence-corrected chi connectivity index (χ0v) is 22.0. The molecule has 35 heavy (non-hydrogen) atoms. The number of hydrogen-bond acceptors (Lipinski definition) is 7. The van der Waals surface area contributed by atoms with Gasteiger partial charge >= 0.3 is 0 Å². The van der Waals surface area contributed by atoms with E-state index in [0.29, 0.717) is 22.1 Å². The zero-order valence-electron chi connectivity index (χ0n) is 20.4. The largest absolute Gasteiger partial charge is 0.488 e. The molecule has 0 bridgehead atoms. The van der Waals surface area contributed by atoms with Crippen molar-refractivity contribution < 1.29 is 9.47 Å². The summed E-state index contributed by atoms with van der Waals surface area (Å²) in [5.74, 6) is 0.794. The van der Waals surface area contributed by atoms with E-state index in [1.54, 1.807) is 0 Å². The summed E-state index contributed by atoms with van der Waals surface area (Å²) in [4.78, 5) is 3.26. The molecule has 0 aliphatic rings. The second kappa shape index (κ2) is 12.4. The van der Waals surface area contributed by atoms with E-state index in [4.69, 9.17) is 15.2 Å². The van der Waals surface area contributed by atoms with Crippen LogP contribution in [0.25, 0.3) is 0 Å². The smallest absolute Gasteiger partial charge is 0.154 e. The topological polar surface area (TPSA) is 92.1 Å². The molecule has 0 fully saturated rings. The lowest BCUT2D eigenvalue weighted by Crippen LogP contribution is -2.16. The minimum atomic E-state index is -0.156. The molecule has 0 radical (unpaired) electrons. The predicted molar refractivity (Wildman–Crippen MR) is 142 cm³/mol. The highest BCUT2D eigenvalue weighted by atomic mass is 32.2. The number of ether oxygens (including phenoxy) is 2. The summed E-state index contributed by atoms with van der Waals surface area (Å²) < 4.78 is 12.7. The summed E-state index contributed by atoms with van der Waals surface area (Å²) in [5.41, 5.74) is 7.29. The molecule has 0 saturated carbocycles. The molecule has 2 unspecified atom stereocenters. The van der Waals surface area contributed by atoms with Gasteiger partial charge in [0.2, 0.25) is 0 Å². The molecule has 180 valence electrons. The van der Waals surface area contributed by atoms with Crippen LogP contribution in [-0.2, 0) is 0 Å². The summed E-state index contributed by atoms with van der Waals surface area (Å²) in [6, 6.07) is 21.9. The lowest BCUT2D eigenvalue weighted by atomic mass is 10.1. The van der Waals surface area contributed by atoms with Crippen molar-refractivity contribution in [2.45, 2.75) is 72.3 Å². The second-order valence-electron chi connectivity index (χ2n) is 8.02. The fourth-order valence-corrected chi connectivity index (χ4v) is 5.33. The van der Waals surface area contributed by atoms with Crippen molar-refractivity contribution in [3.63, 3.8) is 0 Å². The lowest BCUT2D eigenvalue weighted by Gasteiger charge is -2.25. The molecule has 0 aliphatic carbocycles. The maximum absolute atomic E-state index is 10.2. The first-order valence-corrected chi connectivity index (χ1v) is 13.2. The monoisotopic (exact) mass is 503 g/mol. The fourth-order valence-electron chi connectivity index (χ4n) is 3.14. The molecule has 0 aromatic heterocycles. The minimum Gasteiger partial charge on any atom is -0.488 e. The Balaban J connectivity index is 2.39. The lowest BCUT2D eigenvalue weighted by molar-refractivity contribution is 0.200. The average Bonchev–Trinajstić information content (AvgIpc) is 2.88. The van der Waals surface area contributed by atoms with Gasteiger partial charge < -0.3 is 15.2 Å². The first-order valence-electron chi connectivity index (χ1n) is 11.6. The van der Waals surface area contributed by atoms with Gasteiger partial charge in [0.25, 0.3) is 0 Å². The summed E-state index contributed by atoms with van der Waals surface area (Å²) in [7, 11) is 0. The number of nitrogens with zero attached hydrogens (tertiary/aromatic N) is 2. The van der Waals surface area contributed by atoms with Crippen LogP contribution >= 0.6 is 23.5 Å². The molecule has 3 aromatic rings. The Morgan fingerprint density at radius 3 is 1.74 bits per heavy atom. The average molecular weight is 504 g/mol. The zero-order chi connectivity index (χ0) is 25.4. The molecule has 2 N–H and O–H groups in total. The maximum Gasteiger partial charge on any atom is 0.154 e. The molecule has 3 rings (SSSR count). The molecular formula is C28H29N3O2S2. The van der Waals surface area contributed by atoms with Gasteiger partial charge in [-0.15, -0.1) is 0 Å². The Labute approximate surface area is 216 Å². The third kappa shape index (κ3) is 6.25. The highest BCUT2D eigenvalue weighted by Crippen LogP contribution is 2.53. The third-order valence-corrected chi connectivity index (χ3v) is 7.84. The first kappa shape index (κ1) is 26.3. The number of para-hydroxylation sites is 1. The number of nitrogens with two attached hydrogens (primary N) is 1. The second-order valence-corrected chi connectivity index (χ2v) is 10.2.